The van der Waals surface area contributed by atoms with Crippen molar-refractivity contribution in [3.05, 3.63) is 53.9 Å². The van der Waals surface area contributed by atoms with Gasteiger partial charge in [0.25, 0.3) is 0 Å². The first-order valence-corrected chi connectivity index (χ1v) is 8.16. The summed E-state index contributed by atoms with van der Waals surface area (Å²) in [5.74, 6) is 1.08. The average molecular weight is 309 g/mol. The van der Waals surface area contributed by atoms with Crippen molar-refractivity contribution in [1.82, 2.24) is 24.8 Å². The monoisotopic (exact) mass is 309 g/mol. The Labute approximate surface area is 136 Å². The predicted octanol–water partition coefficient (Wildman–Crippen LogP) is 3.33. The summed E-state index contributed by atoms with van der Waals surface area (Å²) < 4.78 is 0. The highest BCUT2D eigenvalue weighted by molar-refractivity contribution is 5.73. The molecule has 0 bridgehead atoms. The number of H-pyrrole nitrogens is 1. The smallest absolute Gasteiger partial charge is 0.106 e. The molecular weight excluding hydrogens is 286 g/mol. The van der Waals surface area contributed by atoms with E-state index in [2.05, 4.69) is 38.8 Å². The van der Waals surface area contributed by atoms with E-state index in [9.17, 15) is 0 Å². The van der Waals surface area contributed by atoms with Crippen LogP contribution in [-0.4, -0.2) is 31.9 Å². The van der Waals surface area contributed by atoms with Crippen LogP contribution in [0.25, 0.3) is 11.0 Å². The molecular formula is C18H23N5. The number of aryl methyl sites for hydroxylation is 1. The molecule has 0 saturated carbocycles. The fourth-order valence-corrected chi connectivity index (χ4v) is 2.65. The number of unbranched alkanes of at least 4 members (excludes halogenated alkanes) is 1. The molecule has 0 aliphatic heterocycles. The zero-order chi connectivity index (χ0) is 16.1. The summed E-state index contributed by atoms with van der Waals surface area (Å²) in [5, 5.41) is 0. The van der Waals surface area contributed by atoms with Crippen LogP contribution >= 0.6 is 0 Å². The maximum absolute atomic E-state index is 4.67. The Balaban J connectivity index is 1.61. The van der Waals surface area contributed by atoms with E-state index >= 15 is 0 Å². The van der Waals surface area contributed by atoms with E-state index in [1.807, 2.05) is 36.7 Å². The van der Waals surface area contributed by atoms with Gasteiger partial charge >= 0.3 is 0 Å². The van der Waals surface area contributed by atoms with Crippen LogP contribution in [0, 0.1) is 0 Å². The number of aromatic nitrogens is 4. The van der Waals surface area contributed by atoms with E-state index in [-0.39, 0.29) is 0 Å². The van der Waals surface area contributed by atoms with Gasteiger partial charge in [0.2, 0.25) is 0 Å². The molecule has 0 fully saturated rings. The third-order valence-corrected chi connectivity index (χ3v) is 3.82. The SMILES string of the molecule is CCCCc1ncc(CN(C)Cc2cnc3ccccc3n2)[nH]1. The van der Waals surface area contributed by atoms with Crippen molar-refractivity contribution in [3.8, 4) is 0 Å². The van der Waals surface area contributed by atoms with E-state index < -0.39 is 0 Å². The molecule has 0 aliphatic rings. The summed E-state index contributed by atoms with van der Waals surface area (Å²) in [7, 11) is 2.09. The lowest BCUT2D eigenvalue weighted by molar-refractivity contribution is 0.311. The van der Waals surface area contributed by atoms with Crippen molar-refractivity contribution in [2.75, 3.05) is 7.05 Å². The van der Waals surface area contributed by atoms with E-state index in [1.165, 1.54) is 12.8 Å². The van der Waals surface area contributed by atoms with Gasteiger partial charge in [-0.05, 0) is 25.6 Å². The standard InChI is InChI=1S/C18H23N5/c1-3-4-9-18-20-11-15(22-18)13-23(2)12-14-10-19-16-7-5-6-8-17(16)21-14/h5-8,10-11H,3-4,9,12-13H2,1-2H3,(H,20,22). The number of hydrogen-bond donors (Lipinski definition) is 1. The van der Waals surface area contributed by atoms with Crippen molar-refractivity contribution >= 4 is 11.0 Å². The van der Waals surface area contributed by atoms with Crippen LogP contribution in [0.4, 0.5) is 0 Å². The van der Waals surface area contributed by atoms with Crippen LogP contribution in [0.15, 0.2) is 36.7 Å². The minimum absolute atomic E-state index is 0.765. The van der Waals surface area contributed by atoms with Crippen molar-refractivity contribution < 1.29 is 0 Å². The normalized spacial score (nSPS) is 11.4. The summed E-state index contributed by atoms with van der Waals surface area (Å²) in [6, 6.07) is 7.96. The second-order valence-corrected chi connectivity index (χ2v) is 5.98. The number of hydrogen-bond acceptors (Lipinski definition) is 4. The van der Waals surface area contributed by atoms with Crippen molar-refractivity contribution in [2.45, 2.75) is 39.3 Å². The lowest BCUT2D eigenvalue weighted by Crippen LogP contribution is -2.18. The maximum Gasteiger partial charge on any atom is 0.106 e. The van der Waals surface area contributed by atoms with Gasteiger partial charge < -0.3 is 4.98 Å². The first kappa shape index (κ1) is 15.6. The van der Waals surface area contributed by atoms with E-state index in [4.69, 9.17) is 0 Å². The van der Waals surface area contributed by atoms with Gasteiger partial charge in [-0.2, -0.15) is 0 Å². The van der Waals surface area contributed by atoms with Crippen LogP contribution in [0.3, 0.4) is 0 Å². The van der Waals surface area contributed by atoms with Gasteiger partial charge in [0.05, 0.1) is 22.9 Å². The summed E-state index contributed by atoms with van der Waals surface area (Å²) in [5.41, 5.74) is 4.01. The van der Waals surface area contributed by atoms with E-state index in [0.717, 1.165) is 47.8 Å². The third kappa shape index (κ3) is 4.13. The summed E-state index contributed by atoms with van der Waals surface area (Å²) in [4.78, 5) is 19.2. The Kier molecular flexibility index (Phi) is 4.98. The quantitative estimate of drug-likeness (QED) is 0.727. The van der Waals surface area contributed by atoms with Gasteiger partial charge in [0.15, 0.2) is 0 Å². The first-order chi connectivity index (χ1) is 11.2. The number of para-hydroxylation sites is 2. The third-order valence-electron chi connectivity index (χ3n) is 3.82. The molecule has 5 heteroatoms. The number of benzene rings is 1. The Morgan fingerprint density at radius 2 is 1.87 bits per heavy atom. The second-order valence-electron chi connectivity index (χ2n) is 5.98. The number of nitrogens with zero attached hydrogens (tertiary/aromatic N) is 4. The van der Waals surface area contributed by atoms with Crippen LogP contribution in [0.1, 0.15) is 37.0 Å². The number of aromatic amines is 1. The Morgan fingerprint density at radius 3 is 2.70 bits per heavy atom. The number of rotatable bonds is 7. The lowest BCUT2D eigenvalue weighted by atomic mass is 10.2. The Bertz CT molecular complexity index is 765. The number of imidazole rings is 1. The van der Waals surface area contributed by atoms with E-state index in [1.54, 1.807) is 0 Å². The molecule has 0 unspecified atom stereocenters. The molecule has 0 atom stereocenters. The largest absolute Gasteiger partial charge is 0.345 e. The van der Waals surface area contributed by atoms with Gasteiger partial charge in [0, 0.05) is 31.4 Å². The molecule has 1 aromatic carbocycles. The molecule has 0 saturated heterocycles. The van der Waals surface area contributed by atoms with Crippen LogP contribution in [0.5, 0.6) is 0 Å². The average Bonchev–Trinajstić information content (AvgIpc) is 3.00. The number of nitrogens with one attached hydrogen (secondary N) is 1. The molecule has 3 rings (SSSR count). The van der Waals surface area contributed by atoms with Gasteiger partial charge in [-0.25, -0.2) is 9.97 Å². The van der Waals surface area contributed by atoms with E-state index in [0.29, 0.717) is 0 Å². The highest BCUT2D eigenvalue weighted by atomic mass is 15.1. The molecule has 5 nitrogen and oxygen atoms in total. The van der Waals surface area contributed by atoms with Crippen molar-refractivity contribution in [3.63, 3.8) is 0 Å². The molecule has 0 radical (unpaired) electrons. The topological polar surface area (TPSA) is 57.7 Å². The van der Waals surface area contributed by atoms with Crippen molar-refractivity contribution in [1.29, 1.82) is 0 Å². The van der Waals surface area contributed by atoms with Gasteiger partial charge in [-0.1, -0.05) is 25.5 Å². The van der Waals surface area contributed by atoms with Gasteiger partial charge in [-0.3, -0.25) is 9.88 Å². The van der Waals surface area contributed by atoms with Gasteiger partial charge in [0.1, 0.15) is 5.82 Å². The summed E-state index contributed by atoms with van der Waals surface area (Å²) in [6.45, 7) is 3.79. The molecule has 0 spiro atoms. The molecule has 23 heavy (non-hydrogen) atoms. The molecule has 1 N–H and O–H groups in total. The first-order valence-electron chi connectivity index (χ1n) is 8.16. The van der Waals surface area contributed by atoms with Gasteiger partial charge in [-0.15, -0.1) is 0 Å². The lowest BCUT2D eigenvalue weighted by Gasteiger charge is -2.15. The zero-order valence-corrected chi connectivity index (χ0v) is 13.8. The maximum atomic E-state index is 4.67. The van der Waals surface area contributed by atoms with Crippen LogP contribution in [0.2, 0.25) is 0 Å². The molecule has 2 aromatic heterocycles. The Morgan fingerprint density at radius 1 is 1.04 bits per heavy atom. The summed E-state index contributed by atoms with van der Waals surface area (Å²) in [6.07, 6.45) is 7.19. The molecule has 2 heterocycles. The minimum Gasteiger partial charge on any atom is -0.345 e. The predicted molar refractivity (Wildman–Crippen MR) is 91.9 cm³/mol. The number of fused-ring (bicyclic) bond motifs is 1. The van der Waals surface area contributed by atoms with Crippen LogP contribution < -0.4 is 0 Å². The Hall–Kier alpha value is -2.27. The minimum atomic E-state index is 0.765. The molecule has 0 aliphatic carbocycles. The van der Waals surface area contributed by atoms with Crippen molar-refractivity contribution in [2.24, 2.45) is 0 Å². The second kappa shape index (κ2) is 7.33. The molecule has 3 aromatic rings. The summed E-state index contributed by atoms with van der Waals surface area (Å²) >= 11 is 0. The highest BCUT2D eigenvalue weighted by Gasteiger charge is 2.07. The fourth-order valence-electron chi connectivity index (χ4n) is 2.65. The molecule has 0 amide bonds. The van der Waals surface area contributed by atoms with Crippen LogP contribution in [-0.2, 0) is 19.5 Å². The zero-order valence-electron chi connectivity index (χ0n) is 13.8. The highest BCUT2D eigenvalue weighted by Crippen LogP contribution is 2.11. The molecule has 120 valence electrons. The fraction of sp³-hybridized carbons (Fsp3) is 0.389.